The number of aromatic nitrogens is 2. The highest BCUT2D eigenvalue weighted by Gasteiger charge is 2.27. The molecule has 1 atom stereocenters. The van der Waals surface area contributed by atoms with Crippen molar-refractivity contribution in [2.24, 2.45) is 0 Å². The first-order valence-electron chi connectivity index (χ1n) is 10.3. The second-order valence-corrected chi connectivity index (χ2v) is 7.52. The summed E-state index contributed by atoms with van der Waals surface area (Å²) in [6.07, 6.45) is 1.77. The number of hydrogen-bond acceptors (Lipinski definition) is 7. The van der Waals surface area contributed by atoms with Crippen LogP contribution in [0.25, 0.3) is 0 Å². The molecule has 0 aliphatic carbocycles. The van der Waals surface area contributed by atoms with Gasteiger partial charge in [-0.25, -0.2) is 4.98 Å². The molecule has 10 heteroatoms. The quantitative estimate of drug-likeness (QED) is 0.695. The topological polar surface area (TPSA) is 99.7 Å². The van der Waals surface area contributed by atoms with Crippen LogP contribution in [0.2, 0.25) is 0 Å². The molecule has 0 aromatic carbocycles. The number of halogens is 1. The van der Waals surface area contributed by atoms with Gasteiger partial charge in [0.15, 0.2) is 11.9 Å². The average molecular weight is 428 g/mol. The Hall–Kier alpha value is -3.27. The summed E-state index contributed by atoms with van der Waals surface area (Å²) in [6.45, 7) is 5.20. The maximum Gasteiger partial charge on any atom is 0.269 e. The van der Waals surface area contributed by atoms with E-state index in [0.717, 1.165) is 18.8 Å². The molecule has 31 heavy (non-hydrogen) atoms. The number of ether oxygens (including phenoxy) is 1. The molecule has 1 unspecified atom stereocenters. The van der Waals surface area contributed by atoms with Gasteiger partial charge in [0.05, 0.1) is 23.3 Å². The number of nitrogens with one attached hydrogen (secondary N) is 2. The Morgan fingerprint density at radius 2 is 2.10 bits per heavy atom. The normalized spacial score (nSPS) is 18.7. The summed E-state index contributed by atoms with van der Waals surface area (Å²) in [4.78, 5) is 36.0. The van der Waals surface area contributed by atoms with E-state index in [0.29, 0.717) is 43.2 Å². The van der Waals surface area contributed by atoms with E-state index in [-0.39, 0.29) is 11.6 Å². The highest BCUT2D eigenvalue weighted by atomic mass is 19.1. The zero-order valence-corrected chi connectivity index (χ0v) is 17.5. The molecule has 2 aliphatic heterocycles. The van der Waals surface area contributed by atoms with Gasteiger partial charge < -0.3 is 20.3 Å². The van der Waals surface area contributed by atoms with E-state index in [2.05, 4.69) is 25.5 Å². The Morgan fingerprint density at radius 3 is 2.77 bits per heavy atom. The minimum atomic E-state index is -0.646. The van der Waals surface area contributed by atoms with Crippen LogP contribution in [-0.2, 0) is 11.3 Å². The van der Waals surface area contributed by atoms with Crippen molar-refractivity contribution in [3.05, 3.63) is 41.7 Å². The van der Waals surface area contributed by atoms with Crippen molar-refractivity contribution in [3.63, 3.8) is 0 Å². The van der Waals surface area contributed by atoms with Crippen LogP contribution in [0.1, 0.15) is 29.5 Å². The van der Waals surface area contributed by atoms with Crippen LogP contribution >= 0.6 is 0 Å². The highest BCUT2D eigenvalue weighted by molar-refractivity contribution is 5.97. The van der Waals surface area contributed by atoms with Crippen LogP contribution in [0.15, 0.2) is 24.4 Å². The molecule has 2 aliphatic rings. The van der Waals surface area contributed by atoms with E-state index >= 15 is 0 Å². The van der Waals surface area contributed by atoms with Gasteiger partial charge in [-0.1, -0.05) is 6.92 Å². The molecule has 2 amide bonds. The fourth-order valence-corrected chi connectivity index (χ4v) is 3.75. The number of carbonyl (C=O) groups is 2. The maximum atomic E-state index is 14.4. The van der Waals surface area contributed by atoms with Crippen LogP contribution in [0, 0.1) is 5.95 Å². The second-order valence-electron chi connectivity index (χ2n) is 7.52. The number of piperazine rings is 1. The van der Waals surface area contributed by atoms with Gasteiger partial charge in [0.25, 0.3) is 11.8 Å². The molecule has 0 radical (unpaired) electrons. The predicted octanol–water partition coefficient (Wildman–Crippen LogP) is 1.41. The van der Waals surface area contributed by atoms with E-state index in [1.165, 1.54) is 13.1 Å². The van der Waals surface area contributed by atoms with Gasteiger partial charge in [-0.15, -0.1) is 0 Å². The van der Waals surface area contributed by atoms with Crippen molar-refractivity contribution in [3.8, 4) is 5.75 Å². The zero-order valence-electron chi connectivity index (χ0n) is 17.5. The predicted molar refractivity (Wildman–Crippen MR) is 113 cm³/mol. The van der Waals surface area contributed by atoms with Gasteiger partial charge in [-0.3, -0.25) is 19.5 Å². The Balaban J connectivity index is 1.36. The first kappa shape index (κ1) is 21.0. The monoisotopic (exact) mass is 428 g/mol. The summed E-state index contributed by atoms with van der Waals surface area (Å²) < 4.78 is 20.1. The van der Waals surface area contributed by atoms with Gasteiger partial charge in [0.1, 0.15) is 5.69 Å². The van der Waals surface area contributed by atoms with Crippen LogP contribution < -0.4 is 20.3 Å². The van der Waals surface area contributed by atoms with Crippen LogP contribution in [0.3, 0.4) is 0 Å². The molecule has 0 spiro atoms. The van der Waals surface area contributed by atoms with Gasteiger partial charge >= 0.3 is 0 Å². The van der Waals surface area contributed by atoms with E-state index in [9.17, 15) is 14.0 Å². The molecule has 0 bridgehead atoms. The fraction of sp³-hybridized carbons (Fsp3) is 0.429. The summed E-state index contributed by atoms with van der Waals surface area (Å²) in [7, 11) is 1.48. The Bertz CT molecular complexity index is 993. The van der Waals surface area contributed by atoms with Crippen molar-refractivity contribution in [1.82, 2.24) is 20.2 Å². The Kier molecular flexibility index (Phi) is 5.99. The number of nitrogens with zero attached hydrogens (tertiary/aromatic N) is 4. The third-order valence-electron chi connectivity index (χ3n) is 5.50. The molecular formula is C21H25FN6O3. The molecule has 9 nitrogen and oxygen atoms in total. The minimum Gasteiger partial charge on any atom is -0.477 e. The van der Waals surface area contributed by atoms with Gasteiger partial charge in [0, 0.05) is 39.8 Å². The third-order valence-corrected chi connectivity index (χ3v) is 5.50. The smallest absolute Gasteiger partial charge is 0.269 e. The van der Waals surface area contributed by atoms with Crippen molar-refractivity contribution in [1.29, 1.82) is 0 Å². The Labute approximate surface area is 179 Å². The van der Waals surface area contributed by atoms with Crippen molar-refractivity contribution in [2.75, 3.05) is 43.4 Å². The summed E-state index contributed by atoms with van der Waals surface area (Å²) in [5.74, 6) is -0.617. The van der Waals surface area contributed by atoms with Gasteiger partial charge in [-0.05, 0) is 24.6 Å². The van der Waals surface area contributed by atoms with Crippen LogP contribution in [0.4, 0.5) is 15.8 Å². The number of carbonyl (C=O) groups excluding carboxylic acids is 2. The first-order chi connectivity index (χ1) is 15.0. The standard InChI is InChI=1S/C21H25FN6O3/c1-3-17-21(30)26-15-10-13(24-11-18(15)31-17)12-27-6-8-28(9-7-27)16-5-4-14(20(29)23-2)25-19(16)22/h4-5,10-11,17H,3,6-9,12H2,1-2H3,(H,23,29)(H,26,30). The van der Waals surface area contributed by atoms with Crippen molar-refractivity contribution < 1.29 is 18.7 Å². The van der Waals surface area contributed by atoms with E-state index in [4.69, 9.17) is 4.74 Å². The lowest BCUT2D eigenvalue weighted by atomic mass is 10.2. The third kappa shape index (κ3) is 4.43. The lowest BCUT2D eigenvalue weighted by Gasteiger charge is -2.36. The molecule has 1 saturated heterocycles. The summed E-state index contributed by atoms with van der Waals surface area (Å²) in [5, 5.41) is 5.32. The molecule has 2 aromatic rings. The zero-order chi connectivity index (χ0) is 22.0. The molecule has 2 aromatic heterocycles. The lowest BCUT2D eigenvalue weighted by Crippen LogP contribution is -2.46. The molecule has 164 valence electrons. The minimum absolute atomic E-state index is 0.0576. The number of pyridine rings is 2. The van der Waals surface area contributed by atoms with Crippen LogP contribution in [0.5, 0.6) is 5.75 Å². The van der Waals surface area contributed by atoms with Crippen LogP contribution in [-0.4, -0.2) is 66.0 Å². The average Bonchev–Trinajstić information content (AvgIpc) is 2.78. The van der Waals surface area contributed by atoms with E-state index < -0.39 is 18.0 Å². The molecular weight excluding hydrogens is 403 g/mol. The summed E-state index contributed by atoms with van der Waals surface area (Å²) in [6, 6.07) is 4.96. The maximum absolute atomic E-state index is 14.4. The van der Waals surface area contributed by atoms with Gasteiger partial charge in [0.2, 0.25) is 5.95 Å². The van der Waals surface area contributed by atoms with Crippen molar-refractivity contribution in [2.45, 2.75) is 26.0 Å². The fourth-order valence-electron chi connectivity index (χ4n) is 3.75. The lowest BCUT2D eigenvalue weighted by molar-refractivity contribution is -0.123. The molecule has 1 fully saturated rings. The summed E-state index contributed by atoms with van der Waals surface area (Å²) >= 11 is 0. The number of anilines is 2. The largest absolute Gasteiger partial charge is 0.477 e. The Morgan fingerprint density at radius 1 is 1.32 bits per heavy atom. The highest BCUT2D eigenvalue weighted by Crippen LogP contribution is 2.30. The first-order valence-corrected chi connectivity index (χ1v) is 10.3. The molecule has 0 saturated carbocycles. The molecule has 2 N–H and O–H groups in total. The SMILES string of the molecule is CCC1Oc2cnc(CN3CCN(c4ccc(C(=O)NC)nc4F)CC3)cc2NC1=O. The second kappa shape index (κ2) is 8.84. The number of rotatable bonds is 5. The van der Waals surface area contributed by atoms with E-state index in [1.807, 2.05) is 17.9 Å². The van der Waals surface area contributed by atoms with Crippen molar-refractivity contribution >= 4 is 23.2 Å². The number of hydrogen-bond donors (Lipinski definition) is 2. The molecule has 4 heterocycles. The number of fused-ring (bicyclic) bond motifs is 1. The number of amides is 2. The van der Waals surface area contributed by atoms with E-state index in [1.54, 1.807) is 12.3 Å². The van der Waals surface area contributed by atoms with Gasteiger partial charge in [-0.2, -0.15) is 4.39 Å². The summed E-state index contributed by atoms with van der Waals surface area (Å²) in [5.41, 5.74) is 1.92. The molecule has 4 rings (SSSR count).